The summed E-state index contributed by atoms with van der Waals surface area (Å²) in [6.07, 6.45) is 0.0172. The minimum Gasteiger partial charge on any atom is -0.504 e. The lowest BCUT2D eigenvalue weighted by Gasteiger charge is -2.27. The van der Waals surface area contributed by atoms with Crippen LogP contribution in [0.3, 0.4) is 0 Å². The molecule has 1 N–H and O–H groups in total. The van der Waals surface area contributed by atoms with Crippen LogP contribution in [0.1, 0.15) is 23.5 Å². The summed E-state index contributed by atoms with van der Waals surface area (Å²) in [7, 11) is 1.46. The fraction of sp³-hybridized carbons (Fsp3) is 0.120. The number of pyridine rings is 1. The minimum atomic E-state index is -0.530. The molecule has 5 rings (SSSR count). The number of rotatable bonds is 3. The number of nitrogens with zero attached hydrogens (tertiary/aromatic N) is 1. The lowest BCUT2D eigenvalue weighted by Crippen LogP contribution is -2.32. The number of esters is 1. The number of aromatic hydroxyl groups is 1. The molecule has 1 aliphatic heterocycles. The van der Waals surface area contributed by atoms with Crippen molar-refractivity contribution < 1.29 is 19.4 Å². The zero-order valence-corrected chi connectivity index (χ0v) is 16.7. The number of hydrogen-bond donors (Lipinski definition) is 1. The molecule has 0 bridgehead atoms. The van der Waals surface area contributed by atoms with Crippen LogP contribution < -0.4 is 15.0 Å². The first kappa shape index (κ1) is 18.9. The third kappa shape index (κ3) is 3.04. The second kappa shape index (κ2) is 7.32. The van der Waals surface area contributed by atoms with Crippen LogP contribution in [0.25, 0.3) is 16.6 Å². The van der Waals surface area contributed by atoms with Gasteiger partial charge in [0.15, 0.2) is 11.5 Å². The average Bonchev–Trinajstić information content (AvgIpc) is 2.79. The highest BCUT2D eigenvalue weighted by molar-refractivity contribution is 5.92. The van der Waals surface area contributed by atoms with Crippen molar-refractivity contribution in [2.24, 2.45) is 0 Å². The van der Waals surface area contributed by atoms with Crippen LogP contribution in [-0.2, 0) is 4.79 Å². The minimum absolute atomic E-state index is 0.00920. The van der Waals surface area contributed by atoms with Crippen molar-refractivity contribution in [1.29, 1.82) is 0 Å². The van der Waals surface area contributed by atoms with E-state index in [2.05, 4.69) is 0 Å². The summed E-state index contributed by atoms with van der Waals surface area (Å²) in [4.78, 5) is 26.4. The fourth-order valence-corrected chi connectivity index (χ4v) is 4.20. The Hall–Kier alpha value is -4.06. The van der Waals surface area contributed by atoms with Gasteiger partial charge in [-0.3, -0.25) is 14.2 Å². The standard InChI is InChI=1S/C25H19NO5/c1-30-21-13-15(11-12-20(21)27)18-14-22(28)31-24-17-9-5-6-10-19(17)26(25(29)23(18)24)16-7-3-2-4-8-16/h2-13,18,27H,14H2,1H3. The van der Waals surface area contributed by atoms with Gasteiger partial charge in [-0.2, -0.15) is 0 Å². The van der Waals surface area contributed by atoms with E-state index in [4.69, 9.17) is 9.47 Å². The molecule has 1 aromatic heterocycles. The molecule has 6 nitrogen and oxygen atoms in total. The predicted octanol–water partition coefficient (Wildman–Crippen LogP) is 4.15. The maximum Gasteiger partial charge on any atom is 0.312 e. The Morgan fingerprint density at radius 3 is 2.52 bits per heavy atom. The average molecular weight is 413 g/mol. The van der Waals surface area contributed by atoms with Crippen molar-refractivity contribution in [2.75, 3.05) is 7.11 Å². The quantitative estimate of drug-likeness (QED) is 0.511. The first-order valence-electron chi connectivity index (χ1n) is 9.89. The maximum absolute atomic E-state index is 13.8. The summed E-state index contributed by atoms with van der Waals surface area (Å²) < 4.78 is 12.5. The fourth-order valence-electron chi connectivity index (χ4n) is 4.20. The van der Waals surface area contributed by atoms with Crippen molar-refractivity contribution in [1.82, 2.24) is 4.57 Å². The molecule has 1 atom stereocenters. The van der Waals surface area contributed by atoms with Gasteiger partial charge in [0.2, 0.25) is 0 Å². The van der Waals surface area contributed by atoms with Gasteiger partial charge in [0.1, 0.15) is 5.75 Å². The monoisotopic (exact) mass is 413 g/mol. The molecule has 0 spiro atoms. The van der Waals surface area contributed by atoms with Crippen LogP contribution in [0, 0.1) is 0 Å². The first-order chi connectivity index (χ1) is 15.1. The molecule has 0 amide bonds. The smallest absolute Gasteiger partial charge is 0.312 e. The first-order valence-corrected chi connectivity index (χ1v) is 9.89. The molecule has 0 fully saturated rings. The Labute approximate surface area is 177 Å². The number of hydrogen-bond acceptors (Lipinski definition) is 5. The highest BCUT2D eigenvalue weighted by Gasteiger charge is 2.34. The molecule has 31 heavy (non-hydrogen) atoms. The van der Waals surface area contributed by atoms with E-state index >= 15 is 0 Å². The molecular weight excluding hydrogens is 394 g/mol. The van der Waals surface area contributed by atoms with Crippen LogP contribution >= 0.6 is 0 Å². The highest BCUT2D eigenvalue weighted by Crippen LogP contribution is 2.42. The molecule has 0 saturated heterocycles. The van der Waals surface area contributed by atoms with Crippen LogP contribution in [0.2, 0.25) is 0 Å². The molecule has 3 aromatic carbocycles. The van der Waals surface area contributed by atoms with Crippen LogP contribution in [0.4, 0.5) is 0 Å². The Morgan fingerprint density at radius 1 is 1.00 bits per heavy atom. The van der Waals surface area contributed by atoms with Gasteiger partial charge in [0, 0.05) is 17.0 Å². The predicted molar refractivity (Wildman–Crippen MR) is 116 cm³/mol. The summed E-state index contributed by atoms with van der Waals surface area (Å²) in [5.41, 5.74) is 2.25. The lowest BCUT2D eigenvalue weighted by molar-refractivity contribution is -0.135. The zero-order valence-electron chi connectivity index (χ0n) is 16.7. The van der Waals surface area contributed by atoms with Crippen LogP contribution in [0.15, 0.2) is 77.6 Å². The molecule has 0 radical (unpaired) electrons. The van der Waals surface area contributed by atoms with Crippen molar-refractivity contribution in [3.63, 3.8) is 0 Å². The largest absolute Gasteiger partial charge is 0.504 e. The molecular formula is C25H19NO5. The van der Waals surface area contributed by atoms with E-state index in [-0.39, 0.29) is 23.5 Å². The van der Waals surface area contributed by atoms with Crippen LogP contribution in [0.5, 0.6) is 17.2 Å². The van der Waals surface area contributed by atoms with Gasteiger partial charge in [-0.05, 0) is 42.0 Å². The number of para-hydroxylation sites is 2. The number of aromatic nitrogens is 1. The number of ether oxygens (including phenoxy) is 2. The lowest BCUT2D eigenvalue weighted by atomic mass is 9.86. The Bertz CT molecular complexity index is 1370. The molecule has 0 aliphatic carbocycles. The molecule has 1 aliphatic rings. The SMILES string of the molecule is COc1cc(C2CC(=O)Oc3c2c(=O)n(-c2ccccc2)c2ccccc32)ccc1O. The third-order valence-electron chi connectivity index (χ3n) is 5.62. The van der Waals surface area contributed by atoms with Crippen LogP contribution in [-0.4, -0.2) is 22.8 Å². The van der Waals surface area contributed by atoms with Gasteiger partial charge < -0.3 is 14.6 Å². The summed E-state index contributed by atoms with van der Waals surface area (Å²) in [5, 5.41) is 10.7. The molecule has 2 heterocycles. The molecule has 1 unspecified atom stereocenters. The van der Waals surface area contributed by atoms with E-state index in [0.29, 0.717) is 27.8 Å². The topological polar surface area (TPSA) is 77.8 Å². The second-order valence-corrected chi connectivity index (χ2v) is 7.40. The van der Waals surface area contributed by atoms with E-state index in [0.717, 1.165) is 5.69 Å². The molecule has 4 aromatic rings. The van der Waals surface area contributed by atoms with Gasteiger partial charge >= 0.3 is 5.97 Å². The van der Waals surface area contributed by atoms with Gasteiger partial charge in [0.25, 0.3) is 5.56 Å². The van der Waals surface area contributed by atoms with E-state index < -0.39 is 11.9 Å². The zero-order chi connectivity index (χ0) is 21.5. The number of phenolic OH excluding ortho intramolecular Hbond substituents is 1. The number of benzene rings is 3. The van der Waals surface area contributed by atoms with Crippen molar-refractivity contribution in [3.8, 4) is 22.9 Å². The molecule has 154 valence electrons. The van der Waals surface area contributed by atoms with Gasteiger partial charge in [-0.1, -0.05) is 36.4 Å². The van der Waals surface area contributed by atoms with Crippen molar-refractivity contribution in [3.05, 3.63) is 94.3 Å². The van der Waals surface area contributed by atoms with E-state index in [9.17, 15) is 14.7 Å². The second-order valence-electron chi connectivity index (χ2n) is 7.40. The highest BCUT2D eigenvalue weighted by atomic mass is 16.5. The van der Waals surface area contributed by atoms with E-state index in [1.165, 1.54) is 13.2 Å². The van der Waals surface area contributed by atoms with Gasteiger partial charge in [0.05, 0.1) is 24.6 Å². The normalized spacial score (nSPS) is 15.4. The number of fused-ring (bicyclic) bond motifs is 3. The van der Waals surface area contributed by atoms with Crippen molar-refractivity contribution >= 4 is 16.9 Å². The third-order valence-corrected chi connectivity index (χ3v) is 5.62. The van der Waals surface area contributed by atoms with Gasteiger partial charge in [-0.25, -0.2) is 0 Å². The maximum atomic E-state index is 13.8. The summed E-state index contributed by atoms with van der Waals surface area (Å²) in [5.74, 6) is -0.377. The molecule has 6 heteroatoms. The number of phenols is 1. The Balaban J connectivity index is 1.85. The Kier molecular flexibility index (Phi) is 4.47. The van der Waals surface area contributed by atoms with Gasteiger partial charge in [-0.15, -0.1) is 0 Å². The summed E-state index contributed by atoms with van der Waals surface area (Å²) >= 11 is 0. The Morgan fingerprint density at radius 2 is 1.74 bits per heavy atom. The van der Waals surface area contributed by atoms with E-state index in [1.807, 2.05) is 54.6 Å². The number of carbonyl (C=O) groups is 1. The summed E-state index contributed by atoms with van der Waals surface area (Å²) in [6.45, 7) is 0. The number of methoxy groups -OCH3 is 1. The number of carbonyl (C=O) groups excluding carboxylic acids is 1. The van der Waals surface area contributed by atoms with E-state index in [1.54, 1.807) is 16.7 Å². The molecule has 0 saturated carbocycles. The van der Waals surface area contributed by atoms with Crippen molar-refractivity contribution in [2.45, 2.75) is 12.3 Å². The summed E-state index contributed by atoms with van der Waals surface area (Å²) in [6, 6.07) is 21.6.